The molecule has 0 fully saturated rings. The summed E-state index contributed by atoms with van der Waals surface area (Å²) in [6.07, 6.45) is 19.1. The molecular weight excluding hydrogens is 272 g/mol. The number of allylic oxidation sites excluding steroid dienone is 8. The summed E-state index contributed by atoms with van der Waals surface area (Å²) < 4.78 is 0. The largest absolute Gasteiger partial charge is 0.370 e. The second-order valence-corrected chi connectivity index (χ2v) is 6.53. The van der Waals surface area contributed by atoms with Crippen LogP contribution in [0.3, 0.4) is 0 Å². The van der Waals surface area contributed by atoms with Gasteiger partial charge in [0.05, 0.1) is 5.54 Å². The molecule has 22 heavy (non-hydrogen) atoms. The molecule has 0 saturated heterocycles. The lowest BCUT2D eigenvalue weighted by Crippen LogP contribution is -2.30. The normalized spacial score (nSPS) is 21.2. The number of nitrogens with two attached hydrogens (primary N) is 3. The van der Waals surface area contributed by atoms with E-state index >= 15 is 0 Å². The van der Waals surface area contributed by atoms with E-state index in [4.69, 9.17) is 17.2 Å². The molecule has 0 aromatic heterocycles. The standard InChI is InChI=1S/C18H26N4/c1-17(8-3-13-22-16(19)20)9-4-14-6-11-18(2,21)12-7-15(14)5-10-17/h4-7,9-12H,3,8,13,21H2,1-2H3,(H4,19,20,22). The number of hydrogen-bond acceptors (Lipinski definition) is 2. The fraction of sp³-hybridized carbons (Fsp3) is 0.389. The molecular formula is C18H26N4. The van der Waals surface area contributed by atoms with E-state index in [-0.39, 0.29) is 11.4 Å². The minimum Gasteiger partial charge on any atom is -0.370 e. The Morgan fingerprint density at radius 2 is 1.45 bits per heavy atom. The van der Waals surface area contributed by atoms with Gasteiger partial charge in [0.2, 0.25) is 0 Å². The van der Waals surface area contributed by atoms with Gasteiger partial charge in [-0.15, -0.1) is 0 Å². The van der Waals surface area contributed by atoms with Crippen LogP contribution in [0.1, 0.15) is 26.7 Å². The second kappa shape index (κ2) is 6.36. The Balaban J connectivity index is 2.09. The quantitative estimate of drug-likeness (QED) is 0.422. The highest BCUT2D eigenvalue weighted by Gasteiger charge is 2.20. The van der Waals surface area contributed by atoms with Crippen LogP contribution in [0.15, 0.2) is 64.7 Å². The Labute approximate surface area is 132 Å². The van der Waals surface area contributed by atoms with Crippen LogP contribution in [0.4, 0.5) is 0 Å². The van der Waals surface area contributed by atoms with Crippen LogP contribution in [0, 0.1) is 5.41 Å². The first-order chi connectivity index (χ1) is 10.3. The van der Waals surface area contributed by atoms with Crippen LogP contribution in [-0.4, -0.2) is 18.0 Å². The summed E-state index contributed by atoms with van der Waals surface area (Å²) in [5, 5.41) is 0. The van der Waals surface area contributed by atoms with Crippen LogP contribution < -0.4 is 17.2 Å². The lowest BCUT2D eigenvalue weighted by molar-refractivity contribution is 0.483. The van der Waals surface area contributed by atoms with E-state index in [2.05, 4.69) is 48.4 Å². The second-order valence-electron chi connectivity index (χ2n) is 6.53. The lowest BCUT2D eigenvalue weighted by atomic mass is 9.84. The third-order valence-corrected chi connectivity index (χ3v) is 4.03. The van der Waals surface area contributed by atoms with Crippen LogP contribution >= 0.6 is 0 Å². The van der Waals surface area contributed by atoms with Gasteiger partial charge in [0, 0.05) is 12.0 Å². The van der Waals surface area contributed by atoms with Crippen molar-refractivity contribution in [2.45, 2.75) is 32.2 Å². The Morgan fingerprint density at radius 3 is 1.95 bits per heavy atom. The average Bonchev–Trinajstić information content (AvgIpc) is 2.68. The van der Waals surface area contributed by atoms with Crippen molar-refractivity contribution in [3.05, 3.63) is 59.8 Å². The molecule has 0 radical (unpaired) electrons. The van der Waals surface area contributed by atoms with Crippen molar-refractivity contribution in [2.75, 3.05) is 6.54 Å². The van der Waals surface area contributed by atoms with E-state index in [0.717, 1.165) is 12.8 Å². The van der Waals surface area contributed by atoms with E-state index in [1.54, 1.807) is 0 Å². The van der Waals surface area contributed by atoms with E-state index in [9.17, 15) is 0 Å². The van der Waals surface area contributed by atoms with Crippen molar-refractivity contribution in [3.63, 3.8) is 0 Å². The number of nitrogens with zero attached hydrogens (tertiary/aromatic N) is 1. The summed E-state index contributed by atoms with van der Waals surface area (Å²) in [6.45, 7) is 4.88. The molecule has 2 aliphatic carbocycles. The summed E-state index contributed by atoms with van der Waals surface area (Å²) in [5.41, 5.74) is 18.9. The Bertz CT molecular complexity index is 561. The van der Waals surface area contributed by atoms with Gasteiger partial charge in [-0.25, -0.2) is 0 Å². The molecule has 4 nitrogen and oxygen atoms in total. The molecule has 6 N–H and O–H groups in total. The lowest BCUT2D eigenvalue weighted by Gasteiger charge is -2.21. The molecule has 0 saturated carbocycles. The zero-order chi connectivity index (χ0) is 16.2. The first-order valence-corrected chi connectivity index (χ1v) is 7.65. The Hall–Kier alpha value is -2.07. The molecule has 0 atom stereocenters. The highest BCUT2D eigenvalue weighted by molar-refractivity contribution is 5.75. The predicted molar refractivity (Wildman–Crippen MR) is 94.2 cm³/mol. The smallest absolute Gasteiger partial charge is 0.185 e. The third-order valence-electron chi connectivity index (χ3n) is 4.03. The molecule has 0 unspecified atom stereocenters. The number of hydrogen-bond donors (Lipinski definition) is 3. The predicted octanol–water partition coefficient (Wildman–Crippen LogP) is 2.31. The van der Waals surface area contributed by atoms with Crippen molar-refractivity contribution in [1.29, 1.82) is 0 Å². The molecule has 0 bridgehead atoms. The first kappa shape index (κ1) is 16.3. The van der Waals surface area contributed by atoms with Crippen molar-refractivity contribution < 1.29 is 0 Å². The minimum absolute atomic E-state index is 0.0127. The SMILES string of the molecule is CC1(N)C=CC2=C(C=C1)C=CC(C)(CCCN=C(N)N)C=C2. The molecule has 0 heterocycles. The van der Waals surface area contributed by atoms with Gasteiger partial charge in [0.25, 0.3) is 0 Å². The number of rotatable bonds is 4. The van der Waals surface area contributed by atoms with Gasteiger partial charge in [-0.2, -0.15) is 0 Å². The van der Waals surface area contributed by atoms with Crippen molar-refractivity contribution in [3.8, 4) is 0 Å². The van der Waals surface area contributed by atoms with E-state index in [1.807, 2.05) is 19.1 Å². The van der Waals surface area contributed by atoms with E-state index in [1.165, 1.54) is 11.1 Å². The van der Waals surface area contributed by atoms with Gasteiger partial charge in [0.15, 0.2) is 5.96 Å². The molecule has 0 spiro atoms. The molecule has 2 rings (SSSR count). The van der Waals surface area contributed by atoms with E-state index in [0.29, 0.717) is 6.54 Å². The van der Waals surface area contributed by atoms with Gasteiger partial charge >= 0.3 is 0 Å². The highest BCUT2D eigenvalue weighted by Crippen LogP contribution is 2.32. The highest BCUT2D eigenvalue weighted by atomic mass is 15.0. The Kier molecular flexibility index (Phi) is 4.71. The van der Waals surface area contributed by atoms with Crippen molar-refractivity contribution in [2.24, 2.45) is 27.6 Å². The third kappa shape index (κ3) is 4.46. The minimum atomic E-state index is -0.392. The van der Waals surface area contributed by atoms with Gasteiger partial charge < -0.3 is 17.2 Å². The van der Waals surface area contributed by atoms with Crippen LogP contribution in [0.5, 0.6) is 0 Å². The topological polar surface area (TPSA) is 90.4 Å². The molecule has 2 aliphatic rings. The van der Waals surface area contributed by atoms with E-state index < -0.39 is 5.54 Å². The fourth-order valence-corrected chi connectivity index (χ4v) is 2.54. The molecule has 0 aromatic carbocycles. The van der Waals surface area contributed by atoms with Gasteiger partial charge in [-0.3, -0.25) is 4.99 Å². The first-order valence-electron chi connectivity index (χ1n) is 7.65. The van der Waals surface area contributed by atoms with Crippen molar-refractivity contribution in [1.82, 2.24) is 0 Å². The van der Waals surface area contributed by atoms with Gasteiger partial charge in [-0.1, -0.05) is 55.5 Å². The van der Waals surface area contributed by atoms with Gasteiger partial charge in [-0.05, 0) is 30.9 Å². The monoisotopic (exact) mass is 298 g/mol. The zero-order valence-corrected chi connectivity index (χ0v) is 13.4. The average molecular weight is 298 g/mol. The summed E-state index contributed by atoms with van der Waals surface area (Å²) in [4.78, 5) is 4.04. The molecule has 0 amide bonds. The van der Waals surface area contributed by atoms with Crippen LogP contribution in [0.25, 0.3) is 0 Å². The summed E-state index contributed by atoms with van der Waals surface area (Å²) in [6, 6.07) is 0. The summed E-state index contributed by atoms with van der Waals surface area (Å²) in [7, 11) is 0. The number of aliphatic imine (C=N–C) groups is 1. The van der Waals surface area contributed by atoms with Crippen LogP contribution in [-0.2, 0) is 0 Å². The molecule has 0 aliphatic heterocycles. The maximum Gasteiger partial charge on any atom is 0.185 e. The van der Waals surface area contributed by atoms with Crippen molar-refractivity contribution >= 4 is 5.96 Å². The van der Waals surface area contributed by atoms with Crippen LogP contribution in [0.2, 0.25) is 0 Å². The number of guanidine groups is 1. The maximum absolute atomic E-state index is 6.15. The summed E-state index contributed by atoms with van der Waals surface area (Å²) in [5.74, 6) is 0.158. The zero-order valence-electron chi connectivity index (χ0n) is 13.4. The molecule has 0 aromatic rings. The van der Waals surface area contributed by atoms with Gasteiger partial charge in [0.1, 0.15) is 0 Å². The molecule has 118 valence electrons. The molecule has 4 heteroatoms. The maximum atomic E-state index is 6.15. The Morgan fingerprint density at radius 1 is 0.955 bits per heavy atom. The fourth-order valence-electron chi connectivity index (χ4n) is 2.54. The summed E-state index contributed by atoms with van der Waals surface area (Å²) >= 11 is 0.